The van der Waals surface area contributed by atoms with Crippen LogP contribution in [0.1, 0.15) is 31.2 Å². The molecule has 0 saturated carbocycles. The smallest absolute Gasteiger partial charge is 0.407 e. The molecular formula is C12H17NO4S. The van der Waals surface area contributed by atoms with E-state index in [1.165, 1.54) is 11.3 Å². The first kappa shape index (κ1) is 14.5. The SMILES string of the molecule is CC(C)(C)OC(=O)NCc1csc(CC(=O)O)c1. The number of thiophene rings is 1. The lowest BCUT2D eigenvalue weighted by atomic mass is 10.2. The van der Waals surface area contributed by atoms with Crippen LogP contribution in [0, 0.1) is 0 Å². The minimum atomic E-state index is -0.858. The zero-order valence-corrected chi connectivity index (χ0v) is 11.5. The Kier molecular flexibility index (Phi) is 4.72. The second-order valence-corrected chi connectivity index (χ2v) is 5.84. The predicted molar refractivity (Wildman–Crippen MR) is 68.7 cm³/mol. The van der Waals surface area contributed by atoms with Crippen LogP contribution >= 0.6 is 11.3 Å². The summed E-state index contributed by atoms with van der Waals surface area (Å²) >= 11 is 1.37. The molecule has 2 N–H and O–H groups in total. The number of carbonyl (C=O) groups excluding carboxylic acids is 1. The summed E-state index contributed by atoms with van der Waals surface area (Å²) in [7, 11) is 0. The van der Waals surface area contributed by atoms with Crippen molar-refractivity contribution < 1.29 is 19.4 Å². The highest BCUT2D eigenvalue weighted by Crippen LogP contribution is 2.15. The number of alkyl carbamates (subject to hydrolysis) is 1. The molecule has 1 amide bonds. The Morgan fingerprint density at radius 3 is 2.67 bits per heavy atom. The Hall–Kier alpha value is -1.56. The Balaban J connectivity index is 2.42. The van der Waals surface area contributed by atoms with Crippen LogP contribution in [0.2, 0.25) is 0 Å². The number of carboxylic acid groups (broad SMARTS) is 1. The number of hydrogen-bond acceptors (Lipinski definition) is 4. The number of rotatable bonds is 4. The number of amides is 1. The van der Waals surface area contributed by atoms with Gasteiger partial charge in [0.25, 0.3) is 0 Å². The van der Waals surface area contributed by atoms with Gasteiger partial charge in [0.2, 0.25) is 0 Å². The fourth-order valence-corrected chi connectivity index (χ4v) is 2.13. The summed E-state index contributed by atoms with van der Waals surface area (Å²) in [6, 6.07) is 1.77. The molecule has 0 spiro atoms. The van der Waals surface area contributed by atoms with E-state index in [2.05, 4.69) is 5.32 Å². The minimum absolute atomic E-state index is 0.0110. The van der Waals surface area contributed by atoms with Gasteiger partial charge in [0.05, 0.1) is 6.42 Å². The highest BCUT2D eigenvalue weighted by Gasteiger charge is 2.15. The van der Waals surface area contributed by atoms with Crippen LogP contribution < -0.4 is 5.32 Å². The van der Waals surface area contributed by atoms with E-state index in [0.29, 0.717) is 6.54 Å². The minimum Gasteiger partial charge on any atom is -0.481 e. The molecule has 0 aliphatic heterocycles. The monoisotopic (exact) mass is 271 g/mol. The lowest BCUT2D eigenvalue weighted by Crippen LogP contribution is -2.32. The Morgan fingerprint density at radius 1 is 1.44 bits per heavy atom. The van der Waals surface area contributed by atoms with Gasteiger partial charge in [-0.25, -0.2) is 4.79 Å². The Morgan fingerprint density at radius 2 is 2.11 bits per heavy atom. The number of carbonyl (C=O) groups is 2. The molecule has 1 heterocycles. The van der Waals surface area contributed by atoms with Crippen molar-refractivity contribution in [2.45, 2.75) is 39.3 Å². The van der Waals surface area contributed by atoms with Crippen LogP contribution in [-0.2, 0) is 22.5 Å². The second-order valence-electron chi connectivity index (χ2n) is 4.85. The molecule has 0 aliphatic rings. The van der Waals surface area contributed by atoms with Gasteiger partial charge in [0.15, 0.2) is 0 Å². The van der Waals surface area contributed by atoms with Crippen LogP contribution in [0.3, 0.4) is 0 Å². The summed E-state index contributed by atoms with van der Waals surface area (Å²) in [4.78, 5) is 22.7. The van der Waals surface area contributed by atoms with Crippen molar-refractivity contribution >= 4 is 23.4 Å². The number of carboxylic acids is 1. The average Bonchev–Trinajstić information content (AvgIpc) is 2.59. The first-order valence-corrected chi connectivity index (χ1v) is 6.39. The lowest BCUT2D eigenvalue weighted by Gasteiger charge is -2.19. The lowest BCUT2D eigenvalue weighted by molar-refractivity contribution is -0.136. The van der Waals surface area contributed by atoms with E-state index in [4.69, 9.17) is 9.84 Å². The van der Waals surface area contributed by atoms with Crippen molar-refractivity contribution in [1.29, 1.82) is 0 Å². The van der Waals surface area contributed by atoms with Crippen molar-refractivity contribution in [1.82, 2.24) is 5.32 Å². The van der Waals surface area contributed by atoms with Gasteiger partial charge in [0, 0.05) is 11.4 Å². The van der Waals surface area contributed by atoms with Gasteiger partial charge in [-0.3, -0.25) is 4.79 Å². The van der Waals surface area contributed by atoms with E-state index < -0.39 is 17.7 Å². The van der Waals surface area contributed by atoms with Gasteiger partial charge >= 0.3 is 12.1 Å². The van der Waals surface area contributed by atoms with Gasteiger partial charge in [0.1, 0.15) is 5.60 Å². The highest BCUT2D eigenvalue weighted by atomic mass is 32.1. The summed E-state index contributed by atoms with van der Waals surface area (Å²) in [5.74, 6) is -0.858. The molecule has 1 aromatic heterocycles. The van der Waals surface area contributed by atoms with Crippen molar-refractivity contribution in [2.24, 2.45) is 0 Å². The summed E-state index contributed by atoms with van der Waals surface area (Å²) < 4.78 is 5.09. The molecule has 0 aromatic carbocycles. The van der Waals surface area contributed by atoms with Crippen molar-refractivity contribution in [3.63, 3.8) is 0 Å². The average molecular weight is 271 g/mol. The maximum atomic E-state index is 11.4. The van der Waals surface area contributed by atoms with Crippen LogP contribution in [0.15, 0.2) is 11.4 Å². The van der Waals surface area contributed by atoms with Gasteiger partial charge < -0.3 is 15.2 Å². The molecule has 0 saturated heterocycles. The molecular weight excluding hydrogens is 254 g/mol. The highest BCUT2D eigenvalue weighted by molar-refractivity contribution is 7.10. The Labute approximate surface area is 110 Å². The Bertz CT molecular complexity index is 434. The van der Waals surface area contributed by atoms with Crippen LogP contribution in [0.4, 0.5) is 4.79 Å². The normalized spacial score (nSPS) is 11.1. The van der Waals surface area contributed by atoms with E-state index in [0.717, 1.165) is 10.4 Å². The first-order valence-electron chi connectivity index (χ1n) is 5.51. The topological polar surface area (TPSA) is 75.6 Å². The molecule has 0 aliphatic carbocycles. The number of aliphatic carboxylic acids is 1. The van der Waals surface area contributed by atoms with Crippen molar-refractivity contribution in [3.05, 3.63) is 21.9 Å². The van der Waals surface area contributed by atoms with E-state index in [1.54, 1.807) is 26.8 Å². The third-order valence-corrected chi connectivity index (χ3v) is 2.85. The molecule has 0 fully saturated rings. The molecule has 6 heteroatoms. The van der Waals surface area contributed by atoms with E-state index in [9.17, 15) is 9.59 Å². The second kappa shape index (κ2) is 5.86. The third-order valence-electron chi connectivity index (χ3n) is 1.87. The molecule has 0 atom stereocenters. The molecule has 0 bridgehead atoms. The fraction of sp³-hybridized carbons (Fsp3) is 0.500. The molecule has 18 heavy (non-hydrogen) atoms. The molecule has 1 rings (SSSR count). The van der Waals surface area contributed by atoms with Crippen LogP contribution in [-0.4, -0.2) is 22.8 Å². The third kappa shape index (κ3) is 5.67. The van der Waals surface area contributed by atoms with Crippen LogP contribution in [0.5, 0.6) is 0 Å². The zero-order chi connectivity index (χ0) is 13.8. The quantitative estimate of drug-likeness (QED) is 0.881. The molecule has 100 valence electrons. The summed E-state index contributed by atoms with van der Waals surface area (Å²) in [6.45, 7) is 5.72. The molecule has 1 aromatic rings. The van der Waals surface area contributed by atoms with E-state index in [1.807, 2.05) is 5.38 Å². The van der Waals surface area contributed by atoms with Crippen LogP contribution in [0.25, 0.3) is 0 Å². The molecule has 5 nitrogen and oxygen atoms in total. The standard InChI is InChI=1S/C12H17NO4S/c1-12(2,3)17-11(16)13-6-8-4-9(18-7-8)5-10(14)15/h4,7H,5-6H2,1-3H3,(H,13,16)(H,14,15). The fourth-order valence-electron chi connectivity index (χ4n) is 1.25. The van der Waals surface area contributed by atoms with Gasteiger partial charge in [-0.15, -0.1) is 11.3 Å². The largest absolute Gasteiger partial charge is 0.481 e. The number of ether oxygens (including phenoxy) is 1. The first-order chi connectivity index (χ1) is 8.26. The van der Waals surface area contributed by atoms with E-state index >= 15 is 0 Å². The van der Waals surface area contributed by atoms with Gasteiger partial charge in [-0.05, 0) is 37.8 Å². The predicted octanol–water partition coefficient (Wildman–Crippen LogP) is 2.40. The van der Waals surface area contributed by atoms with Gasteiger partial charge in [-0.1, -0.05) is 0 Å². The van der Waals surface area contributed by atoms with Crippen molar-refractivity contribution in [3.8, 4) is 0 Å². The summed E-state index contributed by atoms with van der Waals surface area (Å²) in [6.07, 6.45) is -0.467. The summed E-state index contributed by atoms with van der Waals surface area (Å²) in [5.41, 5.74) is 0.356. The molecule has 0 unspecified atom stereocenters. The number of nitrogens with one attached hydrogen (secondary N) is 1. The number of hydrogen-bond donors (Lipinski definition) is 2. The molecule has 0 radical (unpaired) electrons. The van der Waals surface area contributed by atoms with Crippen molar-refractivity contribution in [2.75, 3.05) is 0 Å². The maximum Gasteiger partial charge on any atom is 0.407 e. The maximum absolute atomic E-state index is 11.4. The summed E-state index contributed by atoms with van der Waals surface area (Å²) in [5, 5.41) is 13.1. The van der Waals surface area contributed by atoms with Gasteiger partial charge in [-0.2, -0.15) is 0 Å². The zero-order valence-electron chi connectivity index (χ0n) is 10.6. The van der Waals surface area contributed by atoms with E-state index in [-0.39, 0.29) is 6.42 Å².